The zero-order chi connectivity index (χ0) is 16.7. The number of carbonyl (C=O) groups excluding carboxylic acids is 1. The lowest BCUT2D eigenvalue weighted by molar-refractivity contribution is -0.138. The molecule has 0 aromatic heterocycles. The first kappa shape index (κ1) is 17.0. The second kappa shape index (κ2) is 8.29. The fraction of sp³-hybridized carbons (Fsp3) is 0.167. The fourth-order valence-corrected chi connectivity index (χ4v) is 2.69. The van der Waals surface area contributed by atoms with Crippen LogP contribution in [-0.2, 0) is 14.3 Å². The van der Waals surface area contributed by atoms with Gasteiger partial charge >= 0.3 is 5.97 Å². The molecule has 0 unspecified atom stereocenters. The van der Waals surface area contributed by atoms with Crippen molar-refractivity contribution >= 4 is 17.7 Å². The first-order chi connectivity index (χ1) is 11.1. The Morgan fingerprint density at radius 2 is 1.78 bits per heavy atom. The summed E-state index contributed by atoms with van der Waals surface area (Å²) in [6.07, 6.45) is 1.22. The van der Waals surface area contributed by atoms with Gasteiger partial charge in [-0.05, 0) is 36.8 Å². The van der Waals surface area contributed by atoms with E-state index in [2.05, 4.69) is 4.74 Å². The molecule has 2 rings (SSSR count). The van der Waals surface area contributed by atoms with Gasteiger partial charge in [0, 0.05) is 9.79 Å². The summed E-state index contributed by atoms with van der Waals surface area (Å²) in [6, 6.07) is 15.9. The highest BCUT2D eigenvalue weighted by atomic mass is 32.2. The van der Waals surface area contributed by atoms with Crippen molar-refractivity contribution in [3.63, 3.8) is 0 Å². The molecule has 120 valence electrons. The number of methoxy groups -OCH3 is 2. The highest BCUT2D eigenvalue weighted by Gasteiger charge is 2.15. The average molecular weight is 330 g/mol. The predicted octanol–water partition coefficient (Wildman–Crippen LogP) is 4.19. The summed E-state index contributed by atoms with van der Waals surface area (Å²) in [4.78, 5) is 13.8. The topological polar surface area (TPSA) is 44.8 Å². The molecule has 0 radical (unpaired) electrons. The highest BCUT2D eigenvalue weighted by molar-refractivity contribution is 7.99. The molecule has 2 aromatic rings. The van der Waals surface area contributed by atoms with Crippen molar-refractivity contribution in [2.24, 2.45) is 0 Å². The molecule has 5 heteroatoms. The normalized spacial score (nSPS) is 11.0. The molecule has 2 aromatic carbocycles. The minimum absolute atomic E-state index is 0.0000360. The average Bonchev–Trinajstić information content (AvgIpc) is 2.57. The maximum absolute atomic E-state index is 11.7. The lowest BCUT2D eigenvalue weighted by Crippen LogP contribution is -2.11. The van der Waals surface area contributed by atoms with Crippen molar-refractivity contribution < 1.29 is 19.0 Å². The molecule has 0 aliphatic carbocycles. The smallest absolute Gasteiger partial charge is 0.377 e. The molecule has 0 aliphatic heterocycles. The van der Waals surface area contributed by atoms with Gasteiger partial charge in [0.2, 0.25) is 5.76 Å². The molecule has 0 saturated carbocycles. The molecule has 0 N–H and O–H groups in total. The van der Waals surface area contributed by atoms with E-state index in [4.69, 9.17) is 9.47 Å². The molecule has 0 heterocycles. The monoisotopic (exact) mass is 330 g/mol. The summed E-state index contributed by atoms with van der Waals surface area (Å²) >= 11 is 1.62. The number of esters is 1. The second-order valence-electron chi connectivity index (χ2n) is 4.65. The molecule has 23 heavy (non-hydrogen) atoms. The second-order valence-corrected chi connectivity index (χ2v) is 5.80. The molecule has 0 fully saturated rings. The van der Waals surface area contributed by atoms with E-state index in [1.807, 2.05) is 55.5 Å². The zero-order valence-corrected chi connectivity index (χ0v) is 14.1. The summed E-state index contributed by atoms with van der Waals surface area (Å²) in [5, 5.41) is 0. The summed E-state index contributed by atoms with van der Waals surface area (Å²) in [5.41, 5.74) is 0.910. The minimum atomic E-state index is -0.590. The van der Waals surface area contributed by atoms with Crippen LogP contribution in [0, 0.1) is 6.92 Å². The third-order valence-electron chi connectivity index (χ3n) is 2.97. The molecule has 0 aliphatic rings. The third kappa shape index (κ3) is 4.79. The molecule has 0 atom stereocenters. The van der Waals surface area contributed by atoms with Crippen LogP contribution in [0.5, 0.6) is 5.75 Å². The van der Waals surface area contributed by atoms with Crippen molar-refractivity contribution in [1.29, 1.82) is 0 Å². The van der Waals surface area contributed by atoms with E-state index in [-0.39, 0.29) is 5.76 Å². The van der Waals surface area contributed by atoms with Gasteiger partial charge in [-0.1, -0.05) is 36.0 Å². The van der Waals surface area contributed by atoms with Crippen molar-refractivity contribution in [2.45, 2.75) is 16.7 Å². The van der Waals surface area contributed by atoms with E-state index < -0.39 is 5.97 Å². The number of benzene rings is 2. The Morgan fingerprint density at radius 1 is 1.04 bits per heavy atom. The van der Waals surface area contributed by atoms with E-state index in [1.165, 1.54) is 20.5 Å². The van der Waals surface area contributed by atoms with E-state index in [1.54, 1.807) is 11.8 Å². The van der Waals surface area contributed by atoms with E-state index in [0.29, 0.717) is 5.75 Å². The number of aryl methyl sites for hydroxylation is 1. The van der Waals surface area contributed by atoms with Gasteiger partial charge in [-0.2, -0.15) is 0 Å². The van der Waals surface area contributed by atoms with Crippen molar-refractivity contribution in [1.82, 2.24) is 0 Å². The van der Waals surface area contributed by atoms with Gasteiger partial charge < -0.3 is 14.2 Å². The van der Waals surface area contributed by atoms with E-state index in [0.717, 1.165) is 15.4 Å². The van der Waals surface area contributed by atoms with Crippen LogP contribution in [0.3, 0.4) is 0 Å². The Kier molecular flexibility index (Phi) is 6.11. The maximum Gasteiger partial charge on any atom is 0.377 e. The first-order valence-electron chi connectivity index (χ1n) is 6.96. The number of rotatable bonds is 6. The largest absolute Gasteiger partial charge is 0.500 e. The molecule has 4 nitrogen and oxygen atoms in total. The Bertz CT molecular complexity index is 695. The summed E-state index contributed by atoms with van der Waals surface area (Å²) in [7, 11) is 2.74. The minimum Gasteiger partial charge on any atom is -0.500 e. The summed E-state index contributed by atoms with van der Waals surface area (Å²) < 4.78 is 15.2. The molecule has 0 spiro atoms. The molecule has 0 saturated heterocycles. The van der Waals surface area contributed by atoms with Gasteiger partial charge in [0.1, 0.15) is 12.0 Å². The Hall–Kier alpha value is -2.40. The van der Waals surface area contributed by atoms with Gasteiger partial charge in [0.15, 0.2) is 0 Å². The SMILES string of the molecule is CO/C=C(\Oc1cc(Sc2ccccc2)ccc1C)C(=O)OC. The molecule has 0 amide bonds. The number of hydrogen-bond donors (Lipinski definition) is 0. The van der Waals surface area contributed by atoms with Crippen LogP contribution >= 0.6 is 11.8 Å². The Balaban J connectivity index is 2.23. The first-order valence-corrected chi connectivity index (χ1v) is 7.78. The Morgan fingerprint density at radius 3 is 2.43 bits per heavy atom. The van der Waals surface area contributed by atoms with Crippen molar-refractivity contribution in [3.05, 3.63) is 66.1 Å². The lowest BCUT2D eigenvalue weighted by Gasteiger charge is -2.12. The standard InChI is InChI=1S/C18H18O4S/c1-13-9-10-15(23-14-7-5-4-6-8-14)11-16(13)22-17(12-20-2)18(19)21-3/h4-12H,1-3H3/b17-12-. The zero-order valence-electron chi connectivity index (χ0n) is 13.2. The molecular weight excluding hydrogens is 312 g/mol. The van der Waals surface area contributed by atoms with Gasteiger partial charge in [-0.25, -0.2) is 4.79 Å². The predicted molar refractivity (Wildman–Crippen MR) is 89.5 cm³/mol. The Labute approximate surface area is 140 Å². The molecule has 0 bridgehead atoms. The summed E-state index contributed by atoms with van der Waals surface area (Å²) in [6.45, 7) is 1.91. The van der Waals surface area contributed by atoms with Crippen molar-refractivity contribution in [2.75, 3.05) is 14.2 Å². The van der Waals surface area contributed by atoms with Crippen molar-refractivity contribution in [3.8, 4) is 5.75 Å². The third-order valence-corrected chi connectivity index (χ3v) is 3.97. The fourth-order valence-electron chi connectivity index (χ4n) is 1.82. The van der Waals surface area contributed by atoms with Crippen LogP contribution in [0.1, 0.15) is 5.56 Å². The van der Waals surface area contributed by atoms with Crippen LogP contribution in [0.2, 0.25) is 0 Å². The van der Waals surface area contributed by atoms with Gasteiger partial charge in [-0.3, -0.25) is 0 Å². The highest BCUT2D eigenvalue weighted by Crippen LogP contribution is 2.32. The molecular formula is C18H18O4S. The summed E-state index contributed by atoms with van der Waals surface area (Å²) in [5.74, 6) is -0.00745. The maximum atomic E-state index is 11.7. The van der Waals surface area contributed by atoms with Crippen LogP contribution in [0.25, 0.3) is 0 Å². The van der Waals surface area contributed by atoms with Crippen LogP contribution in [-0.4, -0.2) is 20.2 Å². The van der Waals surface area contributed by atoms with Crippen LogP contribution in [0.4, 0.5) is 0 Å². The number of carbonyl (C=O) groups is 1. The van der Waals surface area contributed by atoms with E-state index >= 15 is 0 Å². The number of hydrogen-bond acceptors (Lipinski definition) is 5. The van der Waals surface area contributed by atoms with Gasteiger partial charge in [0.25, 0.3) is 0 Å². The van der Waals surface area contributed by atoms with Gasteiger partial charge in [0.05, 0.1) is 14.2 Å². The quantitative estimate of drug-likeness (QED) is 0.451. The van der Waals surface area contributed by atoms with Crippen LogP contribution in [0.15, 0.2) is 70.3 Å². The van der Waals surface area contributed by atoms with E-state index in [9.17, 15) is 4.79 Å². The lowest BCUT2D eigenvalue weighted by atomic mass is 10.2. The number of ether oxygens (including phenoxy) is 3. The van der Waals surface area contributed by atoms with Crippen LogP contribution < -0.4 is 4.74 Å². The van der Waals surface area contributed by atoms with Gasteiger partial charge in [-0.15, -0.1) is 0 Å².